The number of hydrogen-bond acceptors (Lipinski definition) is 3. The number of hydrogen-bond donors (Lipinski definition) is 1. The van der Waals surface area contributed by atoms with Crippen molar-refractivity contribution in [3.63, 3.8) is 0 Å². The fourth-order valence-electron chi connectivity index (χ4n) is 3.34. The summed E-state index contributed by atoms with van der Waals surface area (Å²) in [5.74, 6) is -0.770. The van der Waals surface area contributed by atoms with Crippen molar-refractivity contribution in [2.24, 2.45) is 0 Å². The number of aliphatic carboxylic acids is 1. The summed E-state index contributed by atoms with van der Waals surface area (Å²) in [5, 5.41) is 8.98. The van der Waals surface area contributed by atoms with Crippen LogP contribution in [0.25, 0.3) is 0 Å². The summed E-state index contributed by atoms with van der Waals surface area (Å²) in [7, 11) is 4.00. The molecule has 0 radical (unpaired) electrons. The minimum Gasteiger partial charge on any atom is -0.481 e. The summed E-state index contributed by atoms with van der Waals surface area (Å²) in [6, 6.07) is 13.8. The number of anilines is 2. The maximum Gasteiger partial charge on any atom is 0.307 e. The Labute approximate surface area is 153 Å². The van der Waals surface area contributed by atoms with Gasteiger partial charge < -0.3 is 14.9 Å². The third-order valence-electron chi connectivity index (χ3n) is 4.76. The molecule has 1 N–H and O–H groups in total. The van der Waals surface area contributed by atoms with Crippen molar-refractivity contribution in [3.05, 3.63) is 59.2 Å². The van der Waals surface area contributed by atoms with Crippen LogP contribution in [0.3, 0.4) is 0 Å². The number of rotatable bonds is 6. The van der Waals surface area contributed by atoms with Crippen LogP contribution in [0.15, 0.2) is 42.5 Å². The molecule has 0 bridgehead atoms. The van der Waals surface area contributed by atoms with Crippen LogP contribution in [0.1, 0.15) is 23.1 Å². The summed E-state index contributed by atoms with van der Waals surface area (Å²) in [5.41, 5.74) is 4.98. The zero-order chi connectivity index (χ0) is 18.7. The second-order valence-electron chi connectivity index (χ2n) is 6.89. The standard InChI is InChI=1S/C21H24N2O3/c1-22(2)18-5-3-4-15(12-18)7-9-20(24)23-11-10-17-8-6-16(13-19(17)23)14-21(25)26/h3-6,8,12-13H,7,9-11,14H2,1-2H3,(H,25,26). The van der Waals surface area contributed by atoms with Crippen molar-refractivity contribution < 1.29 is 14.7 Å². The van der Waals surface area contributed by atoms with Crippen molar-refractivity contribution >= 4 is 23.3 Å². The molecule has 1 amide bonds. The Bertz CT molecular complexity index is 830. The Kier molecular flexibility index (Phi) is 5.26. The number of carboxylic acids is 1. The first-order valence-electron chi connectivity index (χ1n) is 8.84. The molecule has 0 saturated heterocycles. The van der Waals surface area contributed by atoms with Gasteiger partial charge in [0, 0.05) is 38.4 Å². The van der Waals surface area contributed by atoms with E-state index in [1.54, 1.807) is 4.90 Å². The number of carbonyl (C=O) groups is 2. The van der Waals surface area contributed by atoms with Gasteiger partial charge in [-0.3, -0.25) is 9.59 Å². The molecule has 0 unspecified atom stereocenters. The number of amides is 1. The van der Waals surface area contributed by atoms with E-state index in [0.717, 1.165) is 34.5 Å². The molecule has 5 heteroatoms. The van der Waals surface area contributed by atoms with Crippen LogP contribution in [-0.2, 0) is 28.9 Å². The normalized spacial score (nSPS) is 12.8. The number of benzene rings is 2. The highest BCUT2D eigenvalue weighted by molar-refractivity contribution is 5.95. The average molecular weight is 352 g/mol. The number of fused-ring (bicyclic) bond motifs is 1. The Morgan fingerprint density at radius 2 is 1.92 bits per heavy atom. The van der Waals surface area contributed by atoms with E-state index in [9.17, 15) is 9.59 Å². The largest absolute Gasteiger partial charge is 0.481 e. The molecule has 2 aromatic carbocycles. The molecule has 26 heavy (non-hydrogen) atoms. The van der Waals surface area contributed by atoms with E-state index in [-0.39, 0.29) is 12.3 Å². The topological polar surface area (TPSA) is 60.9 Å². The average Bonchev–Trinajstić information content (AvgIpc) is 3.02. The monoisotopic (exact) mass is 352 g/mol. The first kappa shape index (κ1) is 18.0. The quantitative estimate of drug-likeness (QED) is 0.868. The van der Waals surface area contributed by atoms with Crippen LogP contribution in [0.5, 0.6) is 0 Å². The Morgan fingerprint density at radius 3 is 2.65 bits per heavy atom. The maximum atomic E-state index is 12.7. The molecule has 0 aromatic heterocycles. The fraction of sp³-hybridized carbons (Fsp3) is 0.333. The lowest BCUT2D eigenvalue weighted by molar-refractivity contribution is -0.136. The first-order chi connectivity index (χ1) is 12.4. The smallest absolute Gasteiger partial charge is 0.307 e. The van der Waals surface area contributed by atoms with Crippen molar-refractivity contribution in [1.82, 2.24) is 0 Å². The molecule has 0 atom stereocenters. The lowest BCUT2D eigenvalue weighted by Gasteiger charge is -2.18. The predicted octanol–water partition coefficient (Wildman–Crippen LogP) is 2.90. The highest BCUT2D eigenvalue weighted by Crippen LogP contribution is 2.30. The highest BCUT2D eigenvalue weighted by Gasteiger charge is 2.24. The zero-order valence-electron chi connectivity index (χ0n) is 15.2. The number of carboxylic acid groups (broad SMARTS) is 1. The third-order valence-corrected chi connectivity index (χ3v) is 4.76. The van der Waals surface area contributed by atoms with Crippen LogP contribution < -0.4 is 9.80 Å². The molecule has 136 valence electrons. The van der Waals surface area contributed by atoms with Gasteiger partial charge in [-0.25, -0.2) is 0 Å². The molecule has 5 nitrogen and oxygen atoms in total. The minimum atomic E-state index is -0.860. The third kappa shape index (κ3) is 4.04. The summed E-state index contributed by atoms with van der Waals surface area (Å²) in [4.78, 5) is 27.5. The van der Waals surface area contributed by atoms with Gasteiger partial charge in [0.15, 0.2) is 0 Å². The molecule has 1 aliphatic heterocycles. The van der Waals surface area contributed by atoms with Gasteiger partial charge in [0.05, 0.1) is 6.42 Å². The Balaban J connectivity index is 1.68. The van der Waals surface area contributed by atoms with Gasteiger partial charge in [0.25, 0.3) is 0 Å². The van der Waals surface area contributed by atoms with E-state index in [1.807, 2.05) is 55.4 Å². The van der Waals surface area contributed by atoms with Gasteiger partial charge in [0.2, 0.25) is 5.91 Å². The second-order valence-corrected chi connectivity index (χ2v) is 6.89. The molecule has 2 aromatic rings. The number of nitrogens with zero attached hydrogens (tertiary/aromatic N) is 2. The van der Waals surface area contributed by atoms with Gasteiger partial charge in [-0.2, -0.15) is 0 Å². The van der Waals surface area contributed by atoms with Crippen LogP contribution in [0.2, 0.25) is 0 Å². The van der Waals surface area contributed by atoms with E-state index in [4.69, 9.17) is 5.11 Å². The van der Waals surface area contributed by atoms with Crippen molar-refractivity contribution in [2.45, 2.75) is 25.7 Å². The van der Waals surface area contributed by atoms with E-state index >= 15 is 0 Å². The van der Waals surface area contributed by atoms with Crippen LogP contribution in [-0.4, -0.2) is 37.6 Å². The van der Waals surface area contributed by atoms with Gasteiger partial charge in [-0.1, -0.05) is 24.3 Å². The maximum absolute atomic E-state index is 12.7. The van der Waals surface area contributed by atoms with Crippen molar-refractivity contribution in [1.29, 1.82) is 0 Å². The summed E-state index contributed by atoms with van der Waals surface area (Å²) < 4.78 is 0. The Morgan fingerprint density at radius 1 is 1.12 bits per heavy atom. The lowest BCUT2D eigenvalue weighted by Crippen LogP contribution is -2.29. The van der Waals surface area contributed by atoms with Gasteiger partial charge in [0.1, 0.15) is 0 Å². The Hall–Kier alpha value is -2.82. The van der Waals surface area contributed by atoms with Gasteiger partial charge in [-0.05, 0) is 47.7 Å². The van der Waals surface area contributed by atoms with Crippen LogP contribution in [0.4, 0.5) is 11.4 Å². The molecule has 0 fully saturated rings. The van der Waals surface area contributed by atoms with Crippen molar-refractivity contribution in [3.8, 4) is 0 Å². The molecule has 0 spiro atoms. The summed E-state index contributed by atoms with van der Waals surface area (Å²) >= 11 is 0. The molecule has 3 rings (SSSR count). The van der Waals surface area contributed by atoms with E-state index < -0.39 is 5.97 Å². The molecular weight excluding hydrogens is 328 g/mol. The minimum absolute atomic E-state index is 0.0212. The van der Waals surface area contributed by atoms with Crippen LogP contribution >= 0.6 is 0 Å². The second kappa shape index (κ2) is 7.60. The van der Waals surface area contributed by atoms with E-state index in [0.29, 0.717) is 19.4 Å². The molecular formula is C21H24N2O3. The van der Waals surface area contributed by atoms with Gasteiger partial charge in [-0.15, -0.1) is 0 Å². The van der Waals surface area contributed by atoms with Crippen LogP contribution in [0, 0.1) is 0 Å². The lowest BCUT2D eigenvalue weighted by atomic mass is 10.1. The molecule has 0 aliphatic carbocycles. The number of carbonyl (C=O) groups excluding carboxylic acids is 1. The molecule has 0 saturated carbocycles. The highest BCUT2D eigenvalue weighted by atomic mass is 16.4. The van der Waals surface area contributed by atoms with Crippen molar-refractivity contribution in [2.75, 3.05) is 30.4 Å². The fourth-order valence-corrected chi connectivity index (χ4v) is 3.34. The summed E-state index contributed by atoms with van der Waals surface area (Å²) in [6.07, 6.45) is 1.94. The molecule has 1 heterocycles. The van der Waals surface area contributed by atoms with Gasteiger partial charge >= 0.3 is 5.97 Å². The van der Waals surface area contributed by atoms with E-state index in [2.05, 4.69) is 6.07 Å². The predicted molar refractivity (Wildman–Crippen MR) is 103 cm³/mol. The zero-order valence-corrected chi connectivity index (χ0v) is 15.2. The SMILES string of the molecule is CN(C)c1cccc(CCC(=O)N2CCc3ccc(CC(=O)O)cc32)c1. The summed E-state index contributed by atoms with van der Waals surface area (Å²) in [6.45, 7) is 0.669. The molecule has 1 aliphatic rings. The first-order valence-corrected chi connectivity index (χ1v) is 8.84. The van der Waals surface area contributed by atoms with E-state index in [1.165, 1.54) is 0 Å². The number of aryl methyl sites for hydroxylation is 1.